The fourth-order valence-corrected chi connectivity index (χ4v) is 1.54. The predicted octanol–water partition coefficient (Wildman–Crippen LogP) is 1.17. The van der Waals surface area contributed by atoms with Crippen molar-refractivity contribution in [3.8, 4) is 0 Å². The number of fused-ring (bicyclic) bond motifs is 1. The third-order valence-electron chi connectivity index (χ3n) is 2.25. The van der Waals surface area contributed by atoms with Crippen LogP contribution in [0.1, 0.15) is 6.92 Å². The molecule has 2 aromatic rings. The van der Waals surface area contributed by atoms with Crippen LogP contribution in [0.3, 0.4) is 0 Å². The van der Waals surface area contributed by atoms with Crippen LogP contribution in [-0.2, 0) is 11.3 Å². The third kappa shape index (κ3) is 2.15. The van der Waals surface area contributed by atoms with E-state index in [4.69, 9.17) is 0 Å². The molecule has 78 valence electrons. The number of benzene rings is 1. The van der Waals surface area contributed by atoms with Gasteiger partial charge < -0.3 is 9.88 Å². The van der Waals surface area contributed by atoms with Gasteiger partial charge in [-0.2, -0.15) is 0 Å². The van der Waals surface area contributed by atoms with Crippen molar-refractivity contribution in [3.63, 3.8) is 0 Å². The number of carbonyl (C=O) groups excluding carboxylic acids is 1. The third-order valence-corrected chi connectivity index (χ3v) is 2.25. The maximum absolute atomic E-state index is 10.7. The minimum Gasteiger partial charge on any atom is -0.355 e. The van der Waals surface area contributed by atoms with E-state index in [0.29, 0.717) is 6.54 Å². The van der Waals surface area contributed by atoms with Crippen molar-refractivity contribution in [2.24, 2.45) is 0 Å². The molecule has 0 saturated carbocycles. The van der Waals surface area contributed by atoms with Gasteiger partial charge in [-0.25, -0.2) is 4.98 Å². The normalized spacial score (nSPS) is 10.5. The number of rotatable bonds is 3. The predicted molar refractivity (Wildman–Crippen MR) is 58.4 cm³/mol. The highest BCUT2D eigenvalue weighted by Crippen LogP contribution is 2.10. The quantitative estimate of drug-likeness (QED) is 0.814. The summed E-state index contributed by atoms with van der Waals surface area (Å²) in [5.41, 5.74) is 2.09. The molecule has 0 atom stereocenters. The lowest BCUT2D eigenvalue weighted by Crippen LogP contribution is -2.24. The largest absolute Gasteiger partial charge is 0.355 e. The number of amides is 1. The second-order valence-corrected chi connectivity index (χ2v) is 3.41. The fraction of sp³-hybridized carbons (Fsp3) is 0.273. The number of imidazole rings is 1. The van der Waals surface area contributed by atoms with E-state index < -0.39 is 0 Å². The SMILES string of the molecule is CC(=O)NCCn1cnc2ccccc21. The Morgan fingerprint density at radius 2 is 2.27 bits per heavy atom. The molecule has 1 N–H and O–H groups in total. The molecule has 0 aliphatic rings. The monoisotopic (exact) mass is 203 g/mol. The first-order valence-electron chi connectivity index (χ1n) is 4.91. The molecule has 0 saturated heterocycles. The van der Waals surface area contributed by atoms with Gasteiger partial charge in [0.25, 0.3) is 0 Å². The highest BCUT2D eigenvalue weighted by molar-refractivity contribution is 5.75. The molecule has 4 heteroatoms. The lowest BCUT2D eigenvalue weighted by Gasteiger charge is -2.04. The standard InChI is InChI=1S/C11H13N3O/c1-9(15)12-6-7-14-8-13-10-4-2-3-5-11(10)14/h2-5,8H,6-7H2,1H3,(H,12,15). The molecular weight excluding hydrogens is 190 g/mol. The molecule has 1 amide bonds. The number of para-hydroxylation sites is 2. The van der Waals surface area contributed by atoms with Crippen molar-refractivity contribution < 1.29 is 4.79 Å². The molecule has 0 spiro atoms. The Morgan fingerprint density at radius 3 is 3.07 bits per heavy atom. The first-order valence-corrected chi connectivity index (χ1v) is 4.91. The Balaban J connectivity index is 2.11. The fourth-order valence-electron chi connectivity index (χ4n) is 1.54. The van der Waals surface area contributed by atoms with E-state index in [1.807, 2.05) is 28.8 Å². The molecule has 1 aromatic heterocycles. The van der Waals surface area contributed by atoms with Crippen LogP contribution in [0.25, 0.3) is 11.0 Å². The lowest BCUT2D eigenvalue weighted by molar-refractivity contribution is -0.118. The second-order valence-electron chi connectivity index (χ2n) is 3.41. The summed E-state index contributed by atoms with van der Waals surface area (Å²) in [6, 6.07) is 7.95. The summed E-state index contributed by atoms with van der Waals surface area (Å²) < 4.78 is 2.03. The van der Waals surface area contributed by atoms with E-state index in [1.54, 1.807) is 6.33 Å². The summed E-state index contributed by atoms with van der Waals surface area (Å²) in [4.78, 5) is 15.0. The molecule has 4 nitrogen and oxygen atoms in total. The molecule has 1 aromatic carbocycles. The Hall–Kier alpha value is -1.84. The van der Waals surface area contributed by atoms with E-state index in [0.717, 1.165) is 17.6 Å². The van der Waals surface area contributed by atoms with Crippen molar-refractivity contribution in [2.75, 3.05) is 6.54 Å². The van der Waals surface area contributed by atoms with Crippen LogP contribution in [0.5, 0.6) is 0 Å². The van der Waals surface area contributed by atoms with Gasteiger partial charge in [-0.15, -0.1) is 0 Å². The first-order chi connectivity index (χ1) is 7.27. The van der Waals surface area contributed by atoms with E-state index in [-0.39, 0.29) is 5.91 Å². The van der Waals surface area contributed by atoms with E-state index in [2.05, 4.69) is 10.3 Å². The smallest absolute Gasteiger partial charge is 0.216 e. The van der Waals surface area contributed by atoms with Crippen LogP contribution in [0.15, 0.2) is 30.6 Å². The number of aromatic nitrogens is 2. The molecule has 0 fully saturated rings. The second kappa shape index (κ2) is 4.13. The Kier molecular flexibility index (Phi) is 2.67. The summed E-state index contributed by atoms with van der Waals surface area (Å²) in [5.74, 6) is -0.000536. The zero-order chi connectivity index (χ0) is 10.7. The van der Waals surface area contributed by atoms with Crippen LogP contribution in [0.4, 0.5) is 0 Å². The zero-order valence-corrected chi connectivity index (χ0v) is 8.60. The van der Waals surface area contributed by atoms with Crippen molar-refractivity contribution >= 4 is 16.9 Å². The number of hydrogen-bond donors (Lipinski definition) is 1. The molecule has 1 heterocycles. The van der Waals surface area contributed by atoms with Crippen LogP contribution < -0.4 is 5.32 Å². The van der Waals surface area contributed by atoms with Gasteiger partial charge in [-0.05, 0) is 12.1 Å². The molecule has 0 aliphatic carbocycles. The topological polar surface area (TPSA) is 46.9 Å². The summed E-state index contributed by atoms with van der Waals surface area (Å²) in [6.45, 7) is 2.90. The van der Waals surface area contributed by atoms with Crippen molar-refractivity contribution in [1.82, 2.24) is 14.9 Å². The van der Waals surface area contributed by atoms with E-state index >= 15 is 0 Å². The Morgan fingerprint density at radius 1 is 1.47 bits per heavy atom. The number of hydrogen-bond acceptors (Lipinski definition) is 2. The van der Waals surface area contributed by atoms with Crippen molar-refractivity contribution in [1.29, 1.82) is 0 Å². The van der Waals surface area contributed by atoms with Crippen LogP contribution in [-0.4, -0.2) is 22.0 Å². The van der Waals surface area contributed by atoms with Gasteiger partial charge in [0.05, 0.1) is 17.4 Å². The average Bonchev–Trinajstić information content (AvgIpc) is 2.62. The van der Waals surface area contributed by atoms with E-state index in [1.165, 1.54) is 6.92 Å². The highest BCUT2D eigenvalue weighted by Gasteiger charge is 2.00. The molecule has 0 unspecified atom stereocenters. The maximum atomic E-state index is 10.7. The van der Waals surface area contributed by atoms with Crippen LogP contribution >= 0.6 is 0 Å². The van der Waals surface area contributed by atoms with Gasteiger partial charge in [0.2, 0.25) is 5.91 Å². The molecule has 0 bridgehead atoms. The van der Waals surface area contributed by atoms with Crippen molar-refractivity contribution in [2.45, 2.75) is 13.5 Å². The minimum absolute atomic E-state index is 0.000536. The Labute approximate surface area is 87.9 Å². The van der Waals surface area contributed by atoms with Gasteiger partial charge in [0, 0.05) is 20.0 Å². The molecule has 0 aliphatic heterocycles. The summed E-state index contributed by atoms with van der Waals surface area (Å²) >= 11 is 0. The molecule has 0 radical (unpaired) electrons. The van der Waals surface area contributed by atoms with Gasteiger partial charge in [-0.1, -0.05) is 12.1 Å². The lowest BCUT2D eigenvalue weighted by atomic mass is 10.3. The van der Waals surface area contributed by atoms with Gasteiger partial charge in [0.1, 0.15) is 0 Å². The van der Waals surface area contributed by atoms with Gasteiger partial charge >= 0.3 is 0 Å². The summed E-state index contributed by atoms with van der Waals surface area (Å²) in [5, 5.41) is 2.76. The number of carbonyl (C=O) groups is 1. The molecular formula is C11H13N3O. The summed E-state index contributed by atoms with van der Waals surface area (Å²) in [7, 11) is 0. The summed E-state index contributed by atoms with van der Waals surface area (Å²) in [6.07, 6.45) is 1.80. The van der Waals surface area contributed by atoms with Gasteiger partial charge in [0.15, 0.2) is 0 Å². The van der Waals surface area contributed by atoms with Gasteiger partial charge in [-0.3, -0.25) is 4.79 Å². The van der Waals surface area contributed by atoms with Crippen LogP contribution in [0, 0.1) is 0 Å². The number of nitrogens with zero attached hydrogens (tertiary/aromatic N) is 2. The average molecular weight is 203 g/mol. The zero-order valence-electron chi connectivity index (χ0n) is 8.60. The molecule has 2 rings (SSSR count). The molecule has 15 heavy (non-hydrogen) atoms. The minimum atomic E-state index is -0.000536. The van der Waals surface area contributed by atoms with Crippen molar-refractivity contribution in [3.05, 3.63) is 30.6 Å². The Bertz CT molecular complexity index is 475. The van der Waals surface area contributed by atoms with E-state index in [9.17, 15) is 4.79 Å². The highest BCUT2D eigenvalue weighted by atomic mass is 16.1. The number of nitrogens with one attached hydrogen (secondary N) is 1. The first kappa shape index (κ1) is 9.71. The maximum Gasteiger partial charge on any atom is 0.216 e. The van der Waals surface area contributed by atoms with Crippen LogP contribution in [0.2, 0.25) is 0 Å².